The molecule has 0 spiro atoms. The summed E-state index contributed by atoms with van der Waals surface area (Å²) in [5.74, 6) is -2.00. The zero-order chi connectivity index (χ0) is 24.0. The molecule has 11 heteroatoms. The molecule has 0 aliphatic carbocycles. The van der Waals surface area contributed by atoms with Crippen LogP contribution in [0.15, 0.2) is 63.9 Å². The third kappa shape index (κ3) is 3.74. The van der Waals surface area contributed by atoms with Gasteiger partial charge in [0.15, 0.2) is 0 Å². The first-order chi connectivity index (χ1) is 16.3. The molecule has 0 bridgehead atoms. The maximum Gasteiger partial charge on any atom is 0.329 e. The molecule has 5 aromatic rings. The van der Waals surface area contributed by atoms with Gasteiger partial charge >= 0.3 is 12.1 Å². The fourth-order valence-electron chi connectivity index (χ4n) is 3.70. The molecule has 0 saturated heterocycles. The Labute approximate surface area is 188 Å². The van der Waals surface area contributed by atoms with Crippen LogP contribution in [0, 0.1) is 11.6 Å². The van der Waals surface area contributed by atoms with Gasteiger partial charge in [-0.15, -0.1) is 10.2 Å². The fraction of sp³-hybridized carbons (Fsp3) is 0.130. The fourth-order valence-corrected chi connectivity index (χ4v) is 3.70. The van der Waals surface area contributed by atoms with Crippen molar-refractivity contribution in [3.8, 4) is 22.6 Å². The number of rotatable bonds is 5. The van der Waals surface area contributed by atoms with Crippen molar-refractivity contribution in [3.05, 3.63) is 88.4 Å². The van der Waals surface area contributed by atoms with E-state index in [0.717, 1.165) is 0 Å². The van der Waals surface area contributed by atoms with Crippen molar-refractivity contribution in [2.75, 3.05) is 0 Å². The standard InChI is InChI=1S/C23H15F4N5O2/c1-31-18-8-16(12-3-2-4-14(24)7-12)17(25)9-19(18)32(23(31)33)11-15-6-5-13(10-28-15)21-29-30-22(34-21)20(26)27/h2-10,20H,11H2,1H3. The molecule has 3 heterocycles. The summed E-state index contributed by atoms with van der Waals surface area (Å²) < 4.78 is 61.5. The lowest BCUT2D eigenvalue weighted by atomic mass is 10.0. The molecule has 0 unspecified atom stereocenters. The number of imidazole rings is 1. The van der Waals surface area contributed by atoms with E-state index in [1.807, 2.05) is 0 Å². The quantitative estimate of drug-likeness (QED) is 0.348. The smallest absolute Gasteiger partial charge is 0.329 e. The molecule has 0 fully saturated rings. The highest BCUT2D eigenvalue weighted by Crippen LogP contribution is 2.28. The summed E-state index contributed by atoms with van der Waals surface area (Å²) in [6.07, 6.45) is -1.52. The van der Waals surface area contributed by atoms with Gasteiger partial charge in [-0.05, 0) is 35.9 Å². The Morgan fingerprint density at radius 2 is 1.82 bits per heavy atom. The predicted octanol–water partition coefficient (Wildman–Crippen LogP) is 4.72. The minimum absolute atomic E-state index is 0.0291. The minimum atomic E-state index is -2.88. The summed E-state index contributed by atoms with van der Waals surface area (Å²) in [6.45, 7) is 0.0291. The van der Waals surface area contributed by atoms with Gasteiger partial charge < -0.3 is 4.42 Å². The average molecular weight is 469 g/mol. The van der Waals surface area contributed by atoms with Gasteiger partial charge in [-0.25, -0.2) is 13.6 Å². The average Bonchev–Trinajstić information content (AvgIpc) is 3.40. The zero-order valence-corrected chi connectivity index (χ0v) is 17.5. The summed E-state index contributed by atoms with van der Waals surface area (Å²) in [5.41, 5.74) is 1.73. The van der Waals surface area contributed by atoms with E-state index in [1.54, 1.807) is 25.2 Å². The van der Waals surface area contributed by atoms with Gasteiger partial charge in [-0.3, -0.25) is 14.1 Å². The van der Waals surface area contributed by atoms with Crippen LogP contribution in [0.2, 0.25) is 0 Å². The second-order valence-corrected chi connectivity index (χ2v) is 7.54. The highest BCUT2D eigenvalue weighted by molar-refractivity contribution is 5.83. The van der Waals surface area contributed by atoms with Crippen molar-refractivity contribution < 1.29 is 22.0 Å². The van der Waals surface area contributed by atoms with Gasteiger partial charge in [0, 0.05) is 24.9 Å². The van der Waals surface area contributed by atoms with Crippen molar-refractivity contribution >= 4 is 11.0 Å². The van der Waals surface area contributed by atoms with E-state index in [9.17, 15) is 22.4 Å². The molecule has 172 valence electrons. The first kappa shape index (κ1) is 21.6. The van der Waals surface area contributed by atoms with Crippen LogP contribution in [-0.2, 0) is 13.6 Å². The second kappa shape index (κ2) is 8.25. The monoisotopic (exact) mass is 469 g/mol. The summed E-state index contributed by atoms with van der Waals surface area (Å²) in [4.78, 5) is 17.1. The lowest BCUT2D eigenvalue weighted by Gasteiger charge is -2.07. The Balaban J connectivity index is 1.50. The molecule has 5 rings (SSSR count). The summed E-state index contributed by atoms with van der Waals surface area (Å²) in [6, 6.07) is 11.4. The Morgan fingerprint density at radius 1 is 1.00 bits per heavy atom. The Bertz CT molecular complexity index is 1570. The normalized spacial score (nSPS) is 11.6. The van der Waals surface area contributed by atoms with Gasteiger partial charge in [0.2, 0.25) is 5.89 Å². The molecule has 0 radical (unpaired) electrons. The molecule has 7 nitrogen and oxygen atoms in total. The molecule has 34 heavy (non-hydrogen) atoms. The van der Waals surface area contributed by atoms with Gasteiger partial charge in [-0.2, -0.15) is 8.78 Å². The third-order valence-electron chi connectivity index (χ3n) is 5.39. The van der Waals surface area contributed by atoms with Gasteiger partial charge in [0.05, 0.1) is 28.8 Å². The van der Waals surface area contributed by atoms with E-state index < -0.39 is 29.6 Å². The molecule has 0 N–H and O–H groups in total. The van der Waals surface area contributed by atoms with Gasteiger partial charge in [-0.1, -0.05) is 12.1 Å². The zero-order valence-electron chi connectivity index (χ0n) is 17.5. The van der Waals surface area contributed by atoms with Crippen molar-refractivity contribution in [1.29, 1.82) is 0 Å². The highest BCUT2D eigenvalue weighted by atomic mass is 19.3. The van der Waals surface area contributed by atoms with E-state index in [-0.39, 0.29) is 18.0 Å². The van der Waals surface area contributed by atoms with E-state index in [4.69, 9.17) is 4.42 Å². The summed E-state index contributed by atoms with van der Waals surface area (Å²) in [7, 11) is 1.56. The number of nitrogens with zero attached hydrogens (tertiary/aromatic N) is 5. The maximum atomic E-state index is 15.0. The van der Waals surface area contributed by atoms with E-state index >= 15 is 0 Å². The number of alkyl halides is 2. The van der Waals surface area contributed by atoms with Crippen molar-refractivity contribution in [2.24, 2.45) is 7.05 Å². The van der Waals surface area contributed by atoms with Crippen LogP contribution >= 0.6 is 0 Å². The number of benzene rings is 2. The molecular formula is C23H15F4N5O2. The minimum Gasteiger partial charge on any atom is -0.415 e. The van der Waals surface area contributed by atoms with E-state index in [1.165, 1.54) is 45.7 Å². The topological polar surface area (TPSA) is 78.7 Å². The molecular weight excluding hydrogens is 454 g/mol. The maximum absolute atomic E-state index is 15.0. The van der Waals surface area contributed by atoms with Crippen LogP contribution < -0.4 is 5.69 Å². The predicted molar refractivity (Wildman–Crippen MR) is 114 cm³/mol. The van der Waals surface area contributed by atoms with E-state index in [0.29, 0.717) is 27.9 Å². The number of aryl methyl sites for hydroxylation is 1. The summed E-state index contributed by atoms with van der Waals surface area (Å²) >= 11 is 0. The van der Waals surface area contributed by atoms with Crippen LogP contribution in [0.1, 0.15) is 18.0 Å². The van der Waals surface area contributed by atoms with Crippen LogP contribution in [0.25, 0.3) is 33.6 Å². The molecule has 0 saturated carbocycles. The third-order valence-corrected chi connectivity index (χ3v) is 5.39. The number of fused-ring (bicyclic) bond motifs is 1. The first-order valence-corrected chi connectivity index (χ1v) is 10.0. The van der Waals surface area contributed by atoms with Crippen LogP contribution in [0.3, 0.4) is 0 Å². The second-order valence-electron chi connectivity index (χ2n) is 7.54. The first-order valence-electron chi connectivity index (χ1n) is 10.0. The Kier molecular flexibility index (Phi) is 5.23. The van der Waals surface area contributed by atoms with Gasteiger partial charge in [0.1, 0.15) is 11.6 Å². The number of hydrogen-bond acceptors (Lipinski definition) is 5. The SMILES string of the molecule is Cn1c(=O)n(Cc2ccc(-c3nnc(C(F)F)o3)cn2)c2cc(F)c(-c3cccc(F)c3)cc21. The Hall–Kier alpha value is -4.28. The number of hydrogen-bond donors (Lipinski definition) is 0. The van der Waals surface area contributed by atoms with Gasteiger partial charge in [0.25, 0.3) is 5.89 Å². The van der Waals surface area contributed by atoms with Crippen LogP contribution in [0.4, 0.5) is 17.6 Å². The van der Waals surface area contributed by atoms with Crippen molar-refractivity contribution in [1.82, 2.24) is 24.3 Å². The largest absolute Gasteiger partial charge is 0.415 e. The lowest BCUT2D eigenvalue weighted by molar-refractivity contribution is 0.116. The molecule has 0 atom stereocenters. The molecule has 0 aliphatic heterocycles. The van der Waals surface area contributed by atoms with Crippen LogP contribution in [-0.4, -0.2) is 24.3 Å². The number of halogens is 4. The summed E-state index contributed by atoms with van der Waals surface area (Å²) in [5, 5.41) is 6.84. The highest BCUT2D eigenvalue weighted by Gasteiger charge is 2.19. The number of aromatic nitrogens is 5. The van der Waals surface area contributed by atoms with Crippen LogP contribution in [0.5, 0.6) is 0 Å². The van der Waals surface area contributed by atoms with Crippen molar-refractivity contribution in [3.63, 3.8) is 0 Å². The molecule has 0 aliphatic rings. The van der Waals surface area contributed by atoms with Crippen molar-refractivity contribution in [2.45, 2.75) is 13.0 Å². The molecule has 2 aromatic carbocycles. The Morgan fingerprint density at radius 3 is 2.50 bits per heavy atom. The molecule has 3 aromatic heterocycles. The lowest BCUT2D eigenvalue weighted by Crippen LogP contribution is -2.23. The molecule has 0 amide bonds. The van der Waals surface area contributed by atoms with E-state index in [2.05, 4.69) is 15.2 Å². The number of pyridine rings is 1.